The van der Waals surface area contributed by atoms with Crippen LogP contribution in [0.3, 0.4) is 0 Å². The van der Waals surface area contributed by atoms with E-state index >= 15 is 0 Å². The van der Waals surface area contributed by atoms with Gasteiger partial charge in [-0.3, -0.25) is 0 Å². The van der Waals surface area contributed by atoms with E-state index < -0.39 is 0 Å². The van der Waals surface area contributed by atoms with Crippen LogP contribution in [0.2, 0.25) is 5.02 Å². The van der Waals surface area contributed by atoms with Crippen molar-refractivity contribution in [2.45, 2.75) is 12.5 Å². The summed E-state index contributed by atoms with van der Waals surface area (Å²) in [5.74, 6) is 0.0432. The smallest absolute Gasteiger partial charge is 0.134 e. The van der Waals surface area contributed by atoms with Gasteiger partial charge in [0.1, 0.15) is 5.75 Å². The predicted molar refractivity (Wildman–Crippen MR) is 59.0 cm³/mol. The summed E-state index contributed by atoms with van der Waals surface area (Å²) in [6.45, 7) is 0.0413. The lowest BCUT2D eigenvalue weighted by atomic mass is 10.1. The molecule has 0 aliphatic rings. The highest BCUT2D eigenvalue weighted by molar-refractivity contribution is 6.32. The Kier molecular flexibility index (Phi) is 5.88. The minimum atomic E-state index is -0.233. The van der Waals surface area contributed by atoms with Crippen LogP contribution in [0.5, 0.6) is 5.75 Å². The summed E-state index contributed by atoms with van der Waals surface area (Å²) >= 11 is 5.69. The van der Waals surface area contributed by atoms with Crippen molar-refractivity contribution in [1.29, 1.82) is 0 Å². The van der Waals surface area contributed by atoms with Gasteiger partial charge >= 0.3 is 0 Å². The van der Waals surface area contributed by atoms with Gasteiger partial charge in [-0.2, -0.15) is 0 Å². The summed E-state index contributed by atoms with van der Waals surface area (Å²) in [7, 11) is 0. The first-order valence-electron chi connectivity index (χ1n) is 4.00. The van der Waals surface area contributed by atoms with E-state index in [0.717, 1.165) is 5.56 Å². The third kappa shape index (κ3) is 3.35. The Morgan fingerprint density at radius 2 is 2.07 bits per heavy atom. The van der Waals surface area contributed by atoms with Gasteiger partial charge in [-0.05, 0) is 24.1 Å². The number of phenols is 1. The molecule has 0 heterocycles. The van der Waals surface area contributed by atoms with Crippen molar-refractivity contribution in [1.82, 2.24) is 0 Å². The molecule has 0 aliphatic carbocycles. The van der Waals surface area contributed by atoms with Crippen LogP contribution in [0.1, 0.15) is 18.0 Å². The standard InChI is InChI=1S/C9H12ClNO2.ClH/c10-7-5-6(1-2-9(7)13)8(11)3-4-12;/h1-2,5,8,12-13H,3-4,11H2;1H/t8-;/m1./s1. The molecular formula is C9H13Cl2NO2. The van der Waals surface area contributed by atoms with Gasteiger partial charge in [-0.1, -0.05) is 17.7 Å². The van der Waals surface area contributed by atoms with Gasteiger partial charge in [0.2, 0.25) is 0 Å². The molecule has 4 N–H and O–H groups in total. The maximum Gasteiger partial charge on any atom is 0.134 e. The maximum atomic E-state index is 9.13. The molecule has 0 radical (unpaired) electrons. The van der Waals surface area contributed by atoms with Gasteiger partial charge in [0.25, 0.3) is 0 Å². The van der Waals surface area contributed by atoms with E-state index in [1.807, 2.05) is 0 Å². The molecule has 1 atom stereocenters. The molecule has 80 valence electrons. The molecule has 0 fully saturated rings. The first-order chi connectivity index (χ1) is 6.15. The van der Waals surface area contributed by atoms with Crippen molar-refractivity contribution in [2.24, 2.45) is 5.73 Å². The zero-order valence-electron chi connectivity index (χ0n) is 7.48. The van der Waals surface area contributed by atoms with Gasteiger partial charge in [0, 0.05) is 12.6 Å². The van der Waals surface area contributed by atoms with E-state index in [9.17, 15) is 0 Å². The third-order valence-electron chi connectivity index (χ3n) is 1.84. The summed E-state index contributed by atoms with van der Waals surface area (Å²) in [6.07, 6.45) is 0.487. The van der Waals surface area contributed by atoms with Crippen molar-refractivity contribution in [3.63, 3.8) is 0 Å². The fraction of sp³-hybridized carbons (Fsp3) is 0.333. The number of aliphatic hydroxyl groups is 1. The van der Waals surface area contributed by atoms with Crippen LogP contribution < -0.4 is 5.73 Å². The highest BCUT2D eigenvalue weighted by atomic mass is 35.5. The summed E-state index contributed by atoms with van der Waals surface area (Å²) in [5, 5.41) is 18.1. The normalized spacial score (nSPS) is 11.9. The Bertz CT molecular complexity index is 294. The van der Waals surface area contributed by atoms with E-state index in [1.54, 1.807) is 12.1 Å². The molecule has 0 aromatic heterocycles. The molecule has 1 rings (SSSR count). The number of benzene rings is 1. The lowest BCUT2D eigenvalue weighted by Gasteiger charge is -2.10. The molecule has 0 saturated carbocycles. The van der Waals surface area contributed by atoms with Crippen LogP contribution in [0.4, 0.5) is 0 Å². The fourth-order valence-electron chi connectivity index (χ4n) is 1.06. The fourth-order valence-corrected chi connectivity index (χ4v) is 1.25. The number of hydrogen-bond donors (Lipinski definition) is 3. The topological polar surface area (TPSA) is 66.5 Å². The number of aromatic hydroxyl groups is 1. The first-order valence-corrected chi connectivity index (χ1v) is 4.38. The first kappa shape index (κ1) is 13.5. The quantitative estimate of drug-likeness (QED) is 0.752. The second-order valence-corrected chi connectivity index (χ2v) is 3.24. The van der Waals surface area contributed by atoms with Gasteiger partial charge < -0.3 is 15.9 Å². The van der Waals surface area contributed by atoms with E-state index in [-0.39, 0.29) is 35.8 Å². The molecule has 0 amide bonds. The lowest BCUT2D eigenvalue weighted by molar-refractivity contribution is 0.276. The molecule has 1 aromatic rings. The Morgan fingerprint density at radius 3 is 2.57 bits per heavy atom. The number of hydrogen-bond acceptors (Lipinski definition) is 3. The van der Waals surface area contributed by atoms with Crippen LogP contribution >= 0.6 is 24.0 Å². The summed E-state index contributed by atoms with van der Waals surface area (Å²) in [4.78, 5) is 0. The van der Waals surface area contributed by atoms with Crippen LogP contribution in [-0.2, 0) is 0 Å². The number of phenolic OH excluding ortho intramolecular Hbond substituents is 1. The molecule has 14 heavy (non-hydrogen) atoms. The average Bonchev–Trinajstić information content (AvgIpc) is 2.10. The summed E-state index contributed by atoms with van der Waals surface area (Å²) in [6, 6.07) is 4.57. The van der Waals surface area contributed by atoms with E-state index in [2.05, 4.69) is 0 Å². The van der Waals surface area contributed by atoms with Crippen LogP contribution in [0.15, 0.2) is 18.2 Å². The summed E-state index contributed by atoms with van der Waals surface area (Å²) < 4.78 is 0. The van der Waals surface area contributed by atoms with Crippen LogP contribution in [0, 0.1) is 0 Å². The van der Waals surface area contributed by atoms with Gasteiger partial charge in [-0.25, -0.2) is 0 Å². The average molecular weight is 238 g/mol. The second-order valence-electron chi connectivity index (χ2n) is 2.83. The zero-order valence-corrected chi connectivity index (χ0v) is 9.05. The number of aliphatic hydroxyl groups excluding tert-OH is 1. The van der Waals surface area contributed by atoms with Crippen molar-refractivity contribution in [3.05, 3.63) is 28.8 Å². The molecule has 0 bridgehead atoms. The van der Waals surface area contributed by atoms with Gasteiger partial charge in [-0.15, -0.1) is 12.4 Å². The predicted octanol–water partition coefficient (Wildman–Crippen LogP) is 1.85. The molecule has 1 aromatic carbocycles. The van der Waals surface area contributed by atoms with Gasteiger partial charge in [0.05, 0.1) is 5.02 Å². The van der Waals surface area contributed by atoms with E-state index in [1.165, 1.54) is 6.07 Å². The zero-order chi connectivity index (χ0) is 9.84. The molecule has 0 aliphatic heterocycles. The largest absolute Gasteiger partial charge is 0.506 e. The van der Waals surface area contributed by atoms with Crippen molar-refractivity contribution in [2.75, 3.05) is 6.61 Å². The minimum Gasteiger partial charge on any atom is -0.506 e. The van der Waals surface area contributed by atoms with E-state index in [0.29, 0.717) is 6.42 Å². The number of rotatable bonds is 3. The molecule has 0 spiro atoms. The van der Waals surface area contributed by atoms with Crippen molar-refractivity contribution in [3.8, 4) is 5.75 Å². The Labute approximate surface area is 93.9 Å². The van der Waals surface area contributed by atoms with E-state index in [4.69, 9.17) is 27.5 Å². The minimum absolute atomic E-state index is 0. The Hall–Kier alpha value is -0.480. The molecule has 5 heteroatoms. The second kappa shape index (κ2) is 6.09. The van der Waals surface area contributed by atoms with Crippen LogP contribution in [-0.4, -0.2) is 16.8 Å². The Morgan fingerprint density at radius 1 is 1.43 bits per heavy atom. The number of halogens is 2. The maximum absolute atomic E-state index is 9.13. The molecule has 0 saturated heterocycles. The monoisotopic (exact) mass is 237 g/mol. The number of nitrogens with two attached hydrogens (primary N) is 1. The van der Waals surface area contributed by atoms with Crippen LogP contribution in [0.25, 0.3) is 0 Å². The SMILES string of the molecule is Cl.N[C@H](CCO)c1ccc(O)c(Cl)c1. The van der Waals surface area contributed by atoms with Crippen molar-refractivity contribution >= 4 is 24.0 Å². The Balaban J connectivity index is 0.00000169. The molecular weight excluding hydrogens is 225 g/mol. The molecule has 0 unspecified atom stereocenters. The lowest BCUT2D eigenvalue weighted by Crippen LogP contribution is -2.11. The van der Waals surface area contributed by atoms with Crippen molar-refractivity contribution < 1.29 is 10.2 Å². The van der Waals surface area contributed by atoms with Gasteiger partial charge in [0.15, 0.2) is 0 Å². The highest BCUT2D eigenvalue weighted by Gasteiger charge is 2.07. The summed E-state index contributed by atoms with van der Waals surface area (Å²) in [5.41, 5.74) is 6.54. The highest BCUT2D eigenvalue weighted by Crippen LogP contribution is 2.26. The third-order valence-corrected chi connectivity index (χ3v) is 2.14. The molecule has 3 nitrogen and oxygen atoms in total.